The van der Waals surface area contributed by atoms with Gasteiger partial charge in [0, 0.05) is 30.1 Å². The van der Waals surface area contributed by atoms with Crippen LogP contribution in [0.2, 0.25) is 0 Å². The average molecular weight is 668 g/mol. The highest BCUT2D eigenvalue weighted by molar-refractivity contribution is 6.00. The van der Waals surface area contributed by atoms with Crippen LogP contribution in [-0.4, -0.2) is 79.7 Å². The van der Waals surface area contributed by atoms with Gasteiger partial charge in [-0.1, -0.05) is 61.0 Å². The summed E-state index contributed by atoms with van der Waals surface area (Å²) in [5.41, 5.74) is -0.586. The third-order valence-electron chi connectivity index (χ3n) is 8.42. The Kier molecular flexibility index (Phi) is 13.0. The Morgan fingerprint density at radius 3 is 2.21 bits per heavy atom. The lowest BCUT2D eigenvalue weighted by molar-refractivity contribution is -0.142. The van der Waals surface area contributed by atoms with Crippen LogP contribution in [0.3, 0.4) is 0 Å². The monoisotopic (exact) mass is 667 g/mol. The van der Waals surface area contributed by atoms with Gasteiger partial charge in [-0.25, -0.2) is 0 Å². The van der Waals surface area contributed by atoms with Gasteiger partial charge in [-0.15, -0.1) is 10.2 Å². The number of amides is 4. The zero-order chi connectivity index (χ0) is 35.8. The first kappa shape index (κ1) is 38.3. The molecule has 1 aliphatic heterocycles. The van der Waals surface area contributed by atoms with E-state index in [1.165, 1.54) is 4.90 Å². The molecule has 1 aliphatic rings. The van der Waals surface area contributed by atoms with E-state index >= 15 is 0 Å². The fourth-order valence-corrected chi connectivity index (χ4v) is 5.57. The van der Waals surface area contributed by atoms with Crippen molar-refractivity contribution in [3.05, 3.63) is 41.9 Å². The van der Waals surface area contributed by atoms with E-state index in [4.69, 9.17) is 4.42 Å². The first-order valence-electron chi connectivity index (χ1n) is 16.9. The Morgan fingerprint density at radius 1 is 0.938 bits per heavy atom. The third kappa shape index (κ3) is 10.4. The lowest BCUT2D eigenvalue weighted by Crippen LogP contribution is -2.57. The summed E-state index contributed by atoms with van der Waals surface area (Å²) in [5.74, 6) is -2.09. The molecule has 2 aromatic heterocycles. The maximum absolute atomic E-state index is 13.8. The summed E-state index contributed by atoms with van der Waals surface area (Å²) in [7, 11) is 0. The Bertz CT molecular complexity index is 1430. The number of aromatic nitrogens is 3. The van der Waals surface area contributed by atoms with Crippen molar-refractivity contribution < 1.29 is 28.4 Å². The molecule has 0 spiro atoms. The van der Waals surface area contributed by atoms with Gasteiger partial charge in [0.15, 0.2) is 0 Å². The fraction of sp³-hybridized carbons (Fsp3) is 0.657. The standard InChI is InChI=1S/C35H53N7O6/c1-21(2)26(28(44)31-40-41-33(48-31)34(5,6)7)38-30(46)24-16-14-20-42(24)32(47)27(22(3)4)37-25(43)17-10-12-18-35(8,9)39-29(45)23-15-11-13-19-36-23/h11,13,15,19,21-22,24,26-27H,10,12,14,16-18,20H2,1-9H3,(H,37,43)(H,38,46)(H,39,45)/t24-,26?,27?/m0/s1. The molecule has 0 aliphatic carbocycles. The highest BCUT2D eigenvalue weighted by Crippen LogP contribution is 2.24. The molecule has 13 heteroatoms. The van der Waals surface area contributed by atoms with Crippen LogP contribution in [0.5, 0.6) is 0 Å². The largest absolute Gasteiger partial charge is 0.418 e. The van der Waals surface area contributed by atoms with Crippen molar-refractivity contribution in [1.29, 1.82) is 0 Å². The van der Waals surface area contributed by atoms with Crippen molar-refractivity contribution in [3.8, 4) is 0 Å². The Morgan fingerprint density at radius 2 is 1.62 bits per heavy atom. The summed E-state index contributed by atoms with van der Waals surface area (Å²) in [6.07, 6.45) is 4.76. The van der Waals surface area contributed by atoms with E-state index in [1.807, 2.05) is 62.3 Å². The predicted molar refractivity (Wildman–Crippen MR) is 180 cm³/mol. The zero-order valence-electron chi connectivity index (χ0n) is 29.9. The quantitative estimate of drug-likeness (QED) is 0.187. The molecule has 0 aromatic carbocycles. The first-order chi connectivity index (χ1) is 22.4. The maximum atomic E-state index is 13.8. The van der Waals surface area contributed by atoms with Crippen molar-refractivity contribution in [1.82, 2.24) is 36.0 Å². The highest BCUT2D eigenvalue weighted by atomic mass is 16.4. The van der Waals surface area contributed by atoms with Gasteiger partial charge in [0.1, 0.15) is 17.8 Å². The van der Waals surface area contributed by atoms with Crippen LogP contribution in [0.25, 0.3) is 0 Å². The number of nitrogens with zero attached hydrogens (tertiary/aromatic N) is 4. The Labute approximate surface area is 283 Å². The van der Waals surface area contributed by atoms with Gasteiger partial charge in [0.2, 0.25) is 29.4 Å². The van der Waals surface area contributed by atoms with Crippen LogP contribution in [0, 0.1) is 11.8 Å². The maximum Gasteiger partial charge on any atom is 0.286 e. The first-order valence-corrected chi connectivity index (χ1v) is 16.9. The van der Waals surface area contributed by atoms with Gasteiger partial charge < -0.3 is 25.3 Å². The minimum Gasteiger partial charge on any atom is -0.418 e. The second-order valence-corrected chi connectivity index (χ2v) is 15.0. The number of hydrogen-bond acceptors (Lipinski definition) is 9. The topological polar surface area (TPSA) is 176 Å². The highest BCUT2D eigenvalue weighted by Gasteiger charge is 2.41. The number of rotatable bonds is 15. The molecule has 0 bridgehead atoms. The smallest absolute Gasteiger partial charge is 0.286 e. The van der Waals surface area contributed by atoms with E-state index in [2.05, 4.69) is 31.1 Å². The molecule has 4 amide bonds. The average Bonchev–Trinajstić information content (AvgIpc) is 3.71. The van der Waals surface area contributed by atoms with E-state index in [1.54, 1.807) is 24.4 Å². The van der Waals surface area contributed by atoms with E-state index in [9.17, 15) is 24.0 Å². The summed E-state index contributed by atoms with van der Waals surface area (Å²) < 4.78 is 5.64. The molecule has 1 saturated heterocycles. The number of pyridine rings is 1. The van der Waals surface area contributed by atoms with E-state index in [-0.39, 0.29) is 41.9 Å². The van der Waals surface area contributed by atoms with Gasteiger partial charge in [-0.3, -0.25) is 29.0 Å². The molecule has 3 rings (SSSR count). The normalized spacial score (nSPS) is 16.5. The van der Waals surface area contributed by atoms with Gasteiger partial charge in [-0.05, 0) is 63.5 Å². The van der Waals surface area contributed by atoms with E-state index in [0.29, 0.717) is 50.2 Å². The van der Waals surface area contributed by atoms with Crippen LogP contribution >= 0.6 is 0 Å². The molecule has 1 fully saturated rings. The molecule has 3 heterocycles. The number of Topliss-reactive ketones (excluding diaryl/α,β-unsaturated/α-hetero) is 1. The van der Waals surface area contributed by atoms with Crippen LogP contribution in [0.4, 0.5) is 0 Å². The van der Waals surface area contributed by atoms with Crippen LogP contribution < -0.4 is 16.0 Å². The molecule has 264 valence electrons. The summed E-state index contributed by atoms with van der Waals surface area (Å²) in [6, 6.07) is 2.66. The number of likely N-dealkylation sites (tertiary alicyclic amines) is 1. The number of nitrogens with one attached hydrogen (secondary N) is 3. The molecule has 3 N–H and O–H groups in total. The number of hydrogen-bond donors (Lipinski definition) is 3. The van der Waals surface area contributed by atoms with Crippen molar-refractivity contribution in [2.75, 3.05) is 6.54 Å². The van der Waals surface area contributed by atoms with Gasteiger partial charge in [0.25, 0.3) is 11.8 Å². The summed E-state index contributed by atoms with van der Waals surface area (Å²) in [4.78, 5) is 71.7. The van der Waals surface area contributed by atoms with E-state index in [0.717, 1.165) is 0 Å². The molecular weight excluding hydrogens is 614 g/mol. The van der Waals surface area contributed by atoms with Gasteiger partial charge >= 0.3 is 0 Å². The molecule has 2 unspecified atom stereocenters. The molecule has 0 saturated carbocycles. The number of carbonyl (C=O) groups excluding carboxylic acids is 5. The molecule has 48 heavy (non-hydrogen) atoms. The third-order valence-corrected chi connectivity index (χ3v) is 8.42. The van der Waals surface area contributed by atoms with Crippen molar-refractivity contribution >= 4 is 29.4 Å². The lowest BCUT2D eigenvalue weighted by Gasteiger charge is -2.31. The Balaban J connectivity index is 1.56. The predicted octanol–water partition coefficient (Wildman–Crippen LogP) is 3.99. The molecule has 0 radical (unpaired) electrons. The van der Waals surface area contributed by atoms with E-state index < -0.39 is 40.8 Å². The number of unbranched alkanes of at least 4 members (excludes halogenated alkanes) is 1. The van der Waals surface area contributed by atoms with Crippen molar-refractivity contribution in [2.24, 2.45) is 11.8 Å². The fourth-order valence-electron chi connectivity index (χ4n) is 5.57. The minimum absolute atomic E-state index is 0.168. The van der Waals surface area contributed by atoms with Gasteiger partial charge in [-0.2, -0.15) is 0 Å². The van der Waals surface area contributed by atoms with Crippen LogP contribution in [-0.2, 0) is 19.8 Å². The second-order valence-electron chi connectivity index (χ2n) is 15.0. The zero-order valence-corrected chi connectivity index (χ0v) is 29.9. The van der Waals surface area contributed by atoms with Gasteiger partial charge in [0.05, 0.1) is 6.04 Å². The SMILES string of the molecule is CC(C)C(NC(=O)[C@@H]1CCCN1C(=O)C(NC(=O)CCCCC(C)(C)NC(=O)c1ccccn1)C(C)C)C(=O)c1nnc(C(C)(C)C)o1. The number of carbonyl (C=O) groups is 5. The summed E-state index contributed by atoms with van der Waals surface area (Å²) >= 11 is 0. The van der Waals surface area contributed by atoms with Crippen LogP contribution in [0.15, 0.2) is 28.8 Å². The van der Waals surface area contributed by atoms with Crippen molar-refractivity contribution in [3.63, 3.8) is 0 Å². The molecule has 13 nitrogen and oxygen atoms in total. The second kappa shape index (κ2) is 16.3. The molecule has 3 atom stereocenters. The minimum atomic E-state index is -0.919. The van der Waals surface area contributed by atoms with Crippen LogP contribution in [0.1, 0.15) is 128 Å². The molecular formula is C35H53N7O6. The Hall–Kier alpha value is -4.16. The van der Waals surface area contributed by atoms with Crippen molar-refractivity contribution in [2.45, 2.75) is 130 Å². The summed E-state index contributed by atoms with van der Waals surface area (Å²) in [5, 5.41) is 16.7. The molecule has 2 aromatic rings. The lowest BCUT2D eigenvalue weighted by atomic mass is 9.96. The number of ketones is 1. The summed E-state index contributed by atoms with van der Waals surface area (Å²) in [6.45, 7) is 17.2.